The van der Waals surface area contributed by atoms with Crippen LogP contribution < -0.4 is 10.1 Å². The molecule has 1 aromatic heterocycles. The molecule has 0 aliphatic carbocycles. The second kappa shape index (κ2) is 6.38. The van der Waals surface area contributed by atoms with Gasteiger partial charge in [0.2, 0.25) is 0 Å². The lowest BCUT2D eigenvalue weighted by atomic mass is 10.1. The molecule has 4 nitrogen and oxygen atoms in total. The highest BCUT2D eigenvalue weighted by atomic mass is 16.5. The number of hydrogen-bond donors (Lipinski definition) is 1. The maximum absolute atomic E-state index is 5.29. The van der Waals surface area contributed by atoms with Crippen molar-refractivity contribution in [2.24, 2.45) is 0 Å². The molecule has 4 heteroatoms. The van der Waals surface area contributed by atoms with Crippen LogP contribution in [0.25, 0.3) is 0 Å². The van der Waals surface area contributed by atoms with Gasteiger partial charge in [-0.25, -0.2) is 0 Å². The Bertz CT molecular complexity index is 522. The summed E-state index contributed by atoms with van der Waals surface area (Å²) in [6.07, 6.45) is 2.01. The molecule has 0 aliphatic rings. The SMILES string of the molecule is CCNC(Cn1ccc(C)n1)c1cccc(OC)c1. The van der Waals surface area contributed by atoms with Crippen LogP contribution in [-0.4, -0.2) is 23.4 Å². The quantitative estimate of drug-likeness (QED) is 0.866. The van der Waals surface area contributed by atoms with Crippen molar-refractivity contribution in [1.29, 1.82) is 0 Å². The summed E-state index contributed by atoms with van der Waals surface area (Å²) in [6.45, 7) is 5.85. The third-order valence-electron chi connectivity index (χ3n) is 3.09. The van der Waals surface area contributed by atoms with E-state index in [1.807, 2.05) is 36.0 Å². The van der Waals surface area contributed by atoms with Gasteiger partial charge in [-0.15, -0.1) is 0 Å². The number of nitrogens with one attached hydrogen (secondary N) is 1. The van der Waals surface area contributed by atoms with E-state index in [1.165, 1.54) is 5.56 Å². The molecule has 1 atom stereocenters. The van der Waals surface area contributed by atoms with E-state index in [2.05, 4.69) is 29.5 Å². The predicted octanol–water partition coefficient (Wildman–Crippen LogP) is 2.55. The number of hydrogen-bond acceptors (Lipinski definition) is 3. The first kappa shape index (κ1) is 13.6. The Morgan fingerprint density at radius 2 is 2.21 bits per heavy atom. The van der Waals surface area contributed by atoms with E-state index in [9.17, 15) is 0 Å². The van der Waals surface area contributed by atoms with Gasteiger partial charge in [-0.1, -0.05) is 19.1 Å². The molecule has 0 radical (unpaired) electrons. The highest BCUT2D eigenvalue weighted by molar-refractivity contribution is 5.30. The van der Waals surface area contributed by atoms with Crippen molar-refractivity contribution in [2.45, 2.75) is 26.4 Å². The van der Waals surface area contributed by atoms with E-state index in [-0.39, 0.29) is 6.04 Å². The van der Waals surface area contributed by atoms with Crippen LogP contribution in [0.5, 0.6) is 5.75 Å². The molecule has 0 saturated heterocycles. The molecule has 0 spiro atoms. The Labute approximate surface area is 114 Å². The third kappa shape index (κ3) is 3.58. The molecular formula is C15H21N3O. The van der Waals surface area contributed by atoms with Crippen LogP contribution in [-0.2, 0) is 6.54 Å². The first-order valence-corrected chi connectivity index (χ1v) is 6.60. The molecule has 0 saturated carbocycles. The first-order chi connectivity index (χ1) is 9.22. The molecule has 1 heterocycles. The van der Waals surface area contributed by atoms with Crippen molar-refractivity contribution in [3.8, 4) is 5.75 Å². The van der Waals surface area contributed by atoms with Gasteiger partial charge < -0.3 is 10.1 Å². The molecule has 1 unspecified atom stereocenters. The van der Waals surface area contributed by atoms with Crippen molar-refractivity contribution in [3.63, 3.8) is 0 Å². The largest absolute Gasteiger partial charge is 0.497 e. The van der Waals surface area contributed by atoms with Gasteiger partial charge in [0.1, 0.15) is 5.75 Å². The molecule has 0 fully saturated rings. The fraction of sp³-hybridized carbons (Fsp3) is 0.400. The van der Waals surface area contributed by atoms with Gasteiger partial charge in [0.25, 0.3) is 0 Å². The second-order valence-electron chi connectivity index (χ2n) is 4.57. The topological polar surface area (TPSA) is 39.1 Å². The zero-order chi connectivity index (χ0) is 13.7. The van der Waals surface area contributed by atoms with Gasteiger partial charge in [-0.3, -0.25) is 4.68 Å². The van der Waals surface area contributed by atoms with Crippen LogP contribution >= 0.6 is 0 Å². The molecule has 102 valence electrons. The smallest absolute Gasteiger partial charge is 0.119 e. The van der Waals surface area contributed by atoms with Crippen LogP contribution in [0.1, 0.15) is 24.2 Å². The molecule has 2 rings (SSSR count). The van der Waals surface area contributed by atoms with E-state index >= 15 is 0 Å². The van der Waals surface area contributed by atoms with Gasteiger partial charge in [0, 0.05) is 6.20 Å². The fourth-order valence-electron chi connectivity index (χ4n) is 2.14. The van der Waals surface area contributed by atoms with E-state index in [1.54, 1.807) is 7.11 Å². The monoisotopic (exact) mass is 259 g/mol. The summed E-state index contributed by atoms with van der Waals surface area (Å²) >= 11 is 0. The number of rotatable bonds is 6. The third-order valence-corrected chi connectivity index (χ3v) is 3.09. The fourth-order valence-corrected chi connectivity index (χ4v) is 2.14. The number of nitrogens with zero attached hydrogens (tertiary/aromatic N) is 2. The van der Waals surface area contributed by atoms with Gasteiger partial charge in [-0.05, 0) is 37.2 Å². The van der Waals surface area contributed by atoms with Gasteiger partial charge in [-0.2, -0.15) is 5.10 Å². The molecular weight excluding hydrogens is 238 g/mol. The molecule has 0 bridgehead atoms. The summed E-state index contributed by atoms with van der Waals surface area (Å²) in [4.78, 5) is 0. The van der Waals surface area contributed by atoms with E-state index in [0.717, 1.165) is 24.5 Å². The van der Waals surface area contributed by atoms with E-state index in [4.69, 9.17) is 4.74 Å². The van der Waals surface area contributed by atoms with Crippen molar-refractivity contribution in [3.05, 3.63) is 47.8 Å². The summed E-state index contributed by atoms with van der Waals surface area (Å²) < 4.78 is 7.26. The Hall–Kier alpha value is -1.81. The zero-order valence-corrected chi connectivity index (χ0v) is 11.8. The maximum atomic E-state index is 5.29. The average Bonchev–Trinajstić information content (AvgIpc) is 2.84. The minimum Gasteiger partial charge on any atom is -0.497 e. The van der Waals surface area contributed by atoms with Gasteiger partial charge >= 0.3 is 0 Å². The maximum Gasteiger partial charge on any atom is 0.119 e. The predicted molar refractivity (Wildman–Crippen MR) is 76.4 cm³/mol. The van der Waals surface area contributed by atoms with Crippen LogP contribution in [0.4, 0.5) is 0 Å². The van der Waals surface area contributed by atoms with E-state index < -0.39 is 0 Å². The molecule has 19 heavy (non-hydrogen) atoms. The number of aryl methyl sites for hydroxylation is 1. The van der Waals surface area contributed by atoms with Crippen LogP contribution in [0.3, 0.4) is 0 Å². The second-order valence-corrected chi connectivity index (χ2v) is 4.57. The molecule has 1 N–H and O–H groups in total. The highest BCUT2D eigenvalue weighted by Crippen LogP contribution is 2.20. The summed E-state index contributed by atoms with van der Waals surface area (Å²) in [5.41, 5.74) is 2.26. The summed E-state index contributed by atoms with van der Waals surface area (Å²) in [5, 5.41) is 7.94. The Morgan fingerprint density at radius 1 is 1.37 bits per heavy atom. The molecule has 2 aromatic rings. The van der Waals surface area contributed by atoms with Crippen molar-refractivity contribution < 1.29 is 4.74 Å². The van der Waals surface area contributed by atoms with Crippen molar-refractivity contribution >= 4 is 0 Å². The normalized spacial score (nSPS) is 12.4. The number of aromatic nitrogens is 2. The van der Waals surface area contributed by atoms with Crippen LogP contribution in [0.15, 0.2) is 36.5 Å². The lowest BCUT2D eigenvalue weighted by Crippen LogP contribution is -2.25. The molecule has 1 aromatic carbocycles. The summed E-state index contributed by atoms with van der Waals surface area (Å²) in [6, 6.07) is 10.4. The molecule has 0 amide bonds. The number of likely N-dealkylation sites (N-methyl/N-ethyl adjacent to an activating group) is 1. The standard InChI is InChI=1S/C15H21N3O/c1-4-16-15(11-18-9-8-12(2)17-18)13-6-5-7-14(10-13)19-3/h5-10,15-16H,4,11H2,1-3H3. The Balaban J connectivity index is 2.18. The van der Waals surface area contributed by atoms with E-state index in [0.29, 0.717) is 0 Å². The van der Waals surface area contributed by atoms with Crippen LogP contribution in [0.2, 0.25) is 0 Å². The Morgan fingerprint density at radius 3 is 2.84 bits per heavy atom. The average molecular weight is 259 g/mol. The molecule has 0 aliphatic heterocycles. The summed E-state index contributed by atoms with van der Waals surface area (Å²) in [5.74, 6) is 0.886. The number of benzene rings is 1. The number of ether oxygens (including phenoxy) is 1. The lowest BCUT2D eigenvalue weighted by Gasteiger charge is -2.19. The minimum absolute atomic E-state index is 0.236. The minimum atomic E-state index is 0.236. The van der Waals surface area contributed by atoms with Crippen molar-refractivity contribution in [2.75, 3.05) is 13.7 Å². The summed E-state index contributed by atoms with van der Waals surface area (Å²) in [7, 11) is 1.69. The van der Waals surface area contributed by atoms with Crippen molar-refractivity contribution in [1.82, 2.24) is 15.1 Å². The zero-order valence-electron chi connectivity index (χ0n) is 11.8. The Kier molecular flexibility index (Phi) is 4.58. The highest BCUT2D eigenvalue weighted by Gasteiger charge is 2.12. The lowest BCUT2D eigenvalue weighted by molar-refractivity contribution is 0.409. The van der Waals surface area contributed by atoms with Gasteiger partial charge in [0.15, 0.2) is 0 Å². The first-order valence-electron chi connectivity index (χ1n) is 6.60. The number of methoxy groups -OCH3 is 1. The van der Waals surface area contributed by atoms with Gasteiger partial charge in [0.05, 0.1) is 25.4 Å². The van der Waals surface area contributed by atoms with Crippen LogP contribution in [0, 0.1) is 6.92 Å².